The fourth-order valence-electron chi connectivity index (χ4n) is 4.03. The van der Waals surface area contributed by atoms with Gasteiger partial charge in [-0.25, -0.2) is 4.79 Å². The molecule has 0 saturated carbocycles. The molecular weight excluding hydrogens is 238 g/mol. The van der Waals surface area contributed by atoms with E-state index in [1.54, 1.807) is 0 Å². The smallest absolute Gasteiger partial charge is 0.320 e. The lowest BCUT2D eigenvalue weighted by Gasteiger charge is -2.37. The third-order valence-electron chi connectivity index (χ3n) is 5.04. The number of nitrogens with zero attached hydrogens (tertiary/aromatic N) is 2. The molecule has 108 valence electrons. The molecule has 3 unspecified atom stereocenters. The molecule has 4 nitrogen and oxygen atoms in total. The van der Waals surface area contributed by atoms with E-state index in [-0.39, 0.29) is 0 Å². The Hall–Kier alpha value is -0.770. The molecule has 0 aromatic carbocycles. The van der Waals surface area contributed by atoms with Crippen molar-refractivity contribution >= 4 is 6.03 Å². The third-order valence-corrected chi connectivity index (χ3v) is 5.04. The topological polar surface area (TPSA) is 35.6 Å². The first-order chi connectivity index (χ1) is 9.25. The van der Waals surface area contributed by atoms with Crippen LogP contribution in [0.3, 0.4) is 0 Å². The van der Waals surface area contributed by atoms with Gasteiger partial charge in [-0.3, -0.25) is 0 Å². The zero-order valence-electron chi connectivity index (χ0n) is 12.1. The molecule has 3 aliphatic heterocycles. The Morgan fingerprint density at radius 2 is 1.95 bits per heavy atom. The van der Waals surface area contributed by atoms with Gasteiger partial charge in [-0.15, -0.1) is 0 Å². The Kier molecular flexibility index (Phi) is 3.96. The Bertz CT molecular complexity index is 327. The second kappa shape index (κ2) is 5.70. The average Bonchev–Trinajstić information content (AvgIpc) is 3.08. The molecule has 3 heterocycles. The first-order valence-corrected chi connectivity index (χ1v) is 8.04. The number of urea groups is 1. The summed E-state index contributed by atoms with van der Waals surface area (Å²) in [6.07, 6.45) is 7.32. The van der Waals surface area contributed by atoms with Gasteiger partial charge in [0, 0.05) is 31.7 Å². The largest absolute Gasteiger partial charge is 0.324 e. The van der Waals surface area contributed by atoms with Crippen molar-refractivity contribution in [3.63, 3.8) is 0 Å². The highest BCUT2D eigenvalue weighted by Gasteiger charge is 2.38. The van der Waals surface area contributed by atoms with Gasteiger partial charge < -0.3 is 15.1 Å². The maximum atomic E-state index is 12.7. The van der Waals surface area contributed by atoms with Gasteiger partial charge >= 0.3 is 6.03 Å². The van der Waals surface area contributed by atoms with Crippen molar-refractivity contribution < 1.29 is 4.79 Å². The van der Waals surface area contributed by atoms with E-state index in [9.17, 15) is 4.79 Å². The summed E-state index contributed by atoms with van der Waals surface area (Å²) in [5, 5.41) is 3.58. The van der Waals surface area contributed by atoms with Crippen molar-refractivity contribution in [1.82, 2.24) is 15.1 Å². The number of carbonyl (C=O) groups is 1. The molecule has 19 heavy (non-hydrogen) atoms. The predicted molar refractivity (Wildman–Crippen MR) is 76.1 cm³/mol. The van der Waals surface area contributed by atoms with E-state index in [0.717, 1.165) is 26.2 Å². The molecule has 3 fully saturated rings. The lowest BCUT2D eigenvalue weighted by atomic mass is 10.0. The number of likely N-dealkylation sites (tertiary alicyclic amines) is 2. The Balaban J connectivity index is 1.64. The van der Waals surface area contributed by atoms with E-state index in [1.165, 1.54) is 38.5 Å². The van der Waals surface area contributed by atoms with Gasteiger partial charge in [0.05, 0.1) is 0 Å². The number of hydrogen-bond acceptors (Lipinski definition) is 2. The van der Waals surface area contributed by atoms with Gasteiger partial charge in [0.15, 0.2) is 0 Å². The van der Waals surface area contributed by atoms with Crippen molar-refractivity contribution in [3.05, 3.63) is 0 Å². The molecular formula is C15H27N3O. The molecule has 3 saturated heterocycles. The van der Waals surface area contributed by atoms with Gasteiger partial charge in [-0.1, -0.05) is 6.92 Å². The Morgan fingerprint density at radius 3 is 2.68 bits per heavy atom. The fraction of sp³-hybridized carbons (Fsp3) is 0.933. The quantitative estimate of drug-likeness (QED) is 0.787. The summed E-state index contributed by atoms with van der Waals surface area (Å²) in [6, 6.07) is 1.31. The summed E-state index contributed by atoms with van der Waals surface area (Å²) >= 11 is 0. The molecule has 3 atom stereocenters. The monoisotopic (exact) mass is 265 g/mol. The van der Waals surface area contributed by atoms with Gasteiger partial charge in [0.1, 0.15) is 0 Å². The van der Waals surface area contributed by atoms with E-state index in [4.69, 9.17) is 0 Å². The normalized spacial score (nSPS) is 35.9. The number of amides is 2. The molecule has 0 aliphatic carbocycles. The molecule has 2 amide bonds. The van der Waals surface area contributed by atoms with Crippen molar-refractivity contribution in [2.24, 2.45) is 5.92 Å². The molecule has 0 spiro atoms. The SMILES string of the molecule is CC1CCCN(C(=O)N2CCCC2C2CCCN2)C1. The van der Waals surface area contributed by atoms with Crippen LogP contribution in [0.25, 0.3) is 0 Å². The van der Waals surface area contributed by atoms with Crippen molar-refractivity contribution in [1.29, 1.82) is 0 Å². The van der Waals surface area contributed by atoms with E-state index in [1.807, 2.05) is 0 Å². The number of nitrogens with one attached hydrogen (secondary N) is 1. The summed E-state index contributed by atoms with van der Waals surface area (Å²) < 4.78 is 0. The van der Waals surface area contributed by atoms with Gasteiger partial charge in [0.2, 0.25) is 0 Å². The molecule has 0 bridgehead atoms. The highest BCUT2D eigenvalue weighted by atomic mass is 16.2. The lowest BCUT2D eigenvalue weighted by molar-refractivity contribution is 0.121. The minimum atomic E-state index is 0.308. The highest BCUT2D eigenvalue weighted by Crippen LogP contribution is 2.27. The first-order valence-electron chi connectivity index (χ1n) is 8.04. The van der Waals surface area contributed by atoms with Crippen LogP contribution >= 0.6 is 0 Å². The zero-order chi connectivity index (χ0) is 13.2. The van der Waals surface area contributed by atoms with Crippen LogP contribution in [0.5, 0.6) is 0 Å². The molecule has 0 aromatic heterocycles. The molecule has 4 heteroatoms. The van der Waals surface area contributed by atoms with E-state index < -0.39 is 0 Å². The third kappa shape index (κ3) is 2.73. The fourth-order valence-corrected chi connectivity index (χ4v) is 4.03. The highest BCUT2D eigenvalue weighted by molar-refractivity contribution is 5.75. The Labute approximate surface area is 116 Å². The first kappa shape index (κ1) is 13.2. The predicted octanol–water partition coefficient (Wildman–Crippen LogP) is 2.05. The average molecular weight is 265 g/mol. The summed E-state index contributed by atoms with van der Waals surface area (Å²) in [5.41, 5.74) is 0. The molecule has 3 aliphatic rings. The molecule has 1 N–H and O–H groups in total. The van der Waals surface area contributed by atoms with Crippen LogP contribution in [0, 0.1) is 5.92 Å². The lowest BCUT2D eigenvalue weighted by Crippen LogP contribution is -2.53. The van der Waals surface area contributed by atoms with Crippen LogP contribution in [0.15, 0.2) is 0 Å². The molecule has 0 radical (unpaired) electrons. The van der Waals surface area contributed by atoms with Crippen LogP contribution in [0.1, 0.15) is 45.4 Å². The zero-order valence-corrected chi connectivity index (χ0v) is 12.1. The molecule has 0 aromatic rings. The van der Waals surface area contributed by atoms with E-state index in [2.05, 4.69) is 22.0 Å². The number of hydrogen-bond donors (Lipinski definition) is 1. The van der Waals surface area contributed by atoms with E-state index in [0.29, 0.717) is 24.0 Å². The van der Waals surface area contributed by atoms with Crippen molar-refractivity contribution in [2.45, 2.75) is 57.5 Å². The molecule has 3 rings (SSSR count). The number of piperidine rings is 1. The van der Waals surface area contributed by atoms with Crippen LogP contribution in [0.4, 0.5) is 4.79 Å². The minimum Gasteiger partial charge on any atom is -0.324 e. The van der Waals surface area contributed by atoms with Gasteiger partial charge in [0.25, 0.3) is 0 Å². The van der Waals surface area contributed by atoms with Crippen LogP contribution in [-0.4, -0.2) is 54.1 Å². The van der Waals surface area contributed by atoms with Gasteiger partial charge in [-0.2, -0.15) is 0 Å². The standard InChI is InChI=1S/C15H27N3O/c1-12-5-3-9-17(11-12)15(19)18-10-4-7-14(18)13-6-2-8-16-13/h12-14,16H,2-11H2,1H3. The summed E-state index contributed by atoms with van der Waals surface area (Å²) in [7, 11) is 0. The number of rotatable bonds is 1. The second-order valence-corrected chi connectivity index (χ2v) is 6.58. The summed E-state index contributed by atoms with van der Waals surface area (Å²) in [6.45, 7) is 6.28. The maximum Gasteiger partial charge on any atom is 0.320 e. The Morgan fingerprint density at radius 1 is 1.11 bits per heavy atom. The number of carbonyl (C=O) groups excluding carboxylic acids is 1. The van der Waals surface area contributed by atoms with Crippen LogP contribution in [0.2, 0.25) is 0 Å². The maximum absolute atomic E-state index is 12.7. The minimum absolute atomic E-state index is 0.308. The van der Waals surface area contributed by atoms with Crippen LogP contribution in [-0.2, 0) is 0 Å². The summed E-state index contributed by atoms with van der Waals surface area (Å²) in [5.74, 6) is 0.670. The van der Waals surface area contributed by atoms with E-state index >= 15 is 0 Å². The van der Waals surface area contributed by atoms with Gasteiger partial charge in [-0.05, 0) is 51.0 Å². The van der Waals surface area contributed by atoms with Crippen LogP contribution < -0.4 is 5.32 Å². The second-order valence-electron chi connectivity index (χ2n) is 6.58. The summed E-state index contributed by atoms with van der Waals surface area (Å²) in [4.78, 5) is 17.0. The van der Waals surface area contributed by atoms with Crippen molar-refractivity contribution in [2.75, 3.05) is 26.2 Å². The van der Waals surface area contributed by atoms with Crippen molar-refractivity contribution in [3.8, 4) is 0 Å².